The van der Waals surface area contributed by atoms with Crippen LogP contribution >= 0.6 is 11.6 Å². The largest absolute Gasteiger partial charge is 0.452 e. The van der Waals surface area contributed by atoms with Crippen LogP contribution in [0.4, 0.5) is 0 Å². The standard InChI is InChI=1S/C11H14ClNO3/c1-7-6-16-8(2)5-13(7)11(14)9-3-4-15-10(9)12/h3-4,7-8H,5-6H2,1-2H3. The van der Waals surface area contributed by atoms with E-state index in [1.54, 1.807) is 11.0 Å². The lowest BCUT2D eigenvalue weighted by atomic mass is 10.1. The van der Waals surface area contributed by atoms with Gasteiger partial charge in [-0.1, -0.05) is 0 Å². The molecule has 1 fully saturated rings. The molecule has 2 unspecified atom stereocenters. The second-order valence-electron chi connectivity index (χ2n) is 4.06. The van der Waals surface area contributed by atoms with Gasteiger partial charge in [-0.25, -0.2) is 0 Å². The van der Waals surface area contributed by atoms with Crippen LogP contribution in [0.5, 0.6) is 0 Å². The molecular formula is C11H14ClNO3. The van der Waals surface area contributed by atoms with Crippen LogP contribution in [0.3, 0.4) is 0 Å². The Morgan fingerprint density at radius 1 is 1.56 bits per heavy atom. The quantitative estimate of drug-likeness (QED) is 0.759. The van der Waals surface area contributed by atoms with E-state index in [1.165, 1.54) is 6.26 Å². The van der Waals surface area contributed by atoms with Crippen molar-refractivity contribution in [2.75, 3.05) is 13.2 Å². The molecule has 16 heavy (non-hydrogen) atoms. The third-order valence-electron chi connectivity index (χ3n) is 2.72. The van der Waals surface area contributed by atoms with Gasteiger partial charge in [-0.3, -0.25) is 4.79 Å². The molecule has 0 saturated carbocycles. The third-order valence-corrected chi connectivity index (χ3v) is 3.01. The Balaban J connectivity index is 2.18. The molecule has 1 amide bonds. The van der Waals surface area contributed by atoms with Crippen LogP contribution in [-0.4, -0.2) is 36.1 Å². The second kappa shape index (κ2) is 4.47. The van der Waals surface area contributed by atoms with Crippen molar-refractivity contribution in [1.82, 2.24) is 4.90 Å². The van der Waals surface area contributed by atoms with E-state index in [-0.39, 0.29) is 23.3 Å². The highest BCUT2D eigenvalue weighted by Crippen LogP contribution is 2.21. The van der Waals surface area contributed by atoms with E-state index in [1.807, 2.05) is 13.8 Å². The van der Waals surface area contributed by atoms with Gasteiger partial charge in [-0.05, 0) is 31.5 Å². The maximum Gasteiger partial charge on any atom is 0.259 e. The molecule has 0 N–H and O–H groups in total. The van der Waals surface area contributed by atoms with Gasteiger partial charge in [0.05, 0.1) is 30.6 Å². The molecule has 2 heterocycles. The summed E-state index contributed by atoms with van der Waals surface area (Å²) in [5.74, 6) is -0.0959. The van der Waals surface area contributed by atoms with Crippen molar-refractivity contribution >= 4 is 17.5 Å². The lowest BCUT2D eigenvalue weighted by Crippen LogP contribution is -2.50. The smallest absolute Gasteiger partial charge is 0.259 e. The van der Waals surface area contributed by atoms with Gasteiger partial charge in [0.1, 0.15) is 0 Å². The van der Waals surface area contributed by atoms with Gasteiger partial charge in [0.15, 0.2) is 0 Å². The van der Waals surface area contributed by atoms with Gasteiger partial charge in [-0.2, -0.15) is 0 Å². The molecule has 0 bridgehead atoms. The molecule has 0 aliphatic carbocycles. The predicted molar refractivity (Wildman–Crippen MR) is 59.6 cm³/mol. The van der Waals surface area contributed by atoms with Crippen LogP contribution in [0.1, 0.15) is 24.2 Å². The number of amides is 1. The monoisotopic (exact) mass is 243 g/mol. The highest BCUT2D eigenvalue weighted by atomic mass is 35.5. The molecule has 4 nitrogen and oxygen atoms in total. The van der Waals surface area contributed by atoms with Crippen LogP contribution in [0, 0.1) is 0 Å². The van der Waals surface area contributed by atoms with Crippen LogP contribution in [0.15, 0.2) is 16.7 Å². The van der Waals surface area contributed by atoms with E-state index in [4.69, 9.17) is 20.8 Å². The summed E-state index contributed by atoms with van der Waals surface area (Å²) in [6.07, 6.45) is 1.48. The van der Waals surface area contributed by atoms with Crippen LogP contribution in [-0.2, 0) is 4.74 Å². The molecule has 2 atom stereocenters. The number of hydrogen-bond acceptors (Lipinski definition) is 3. The minimum absolute atomic E-state index is 0.0610. The SMILES string of the molecule is CC1CN(C(=O)c2ccoc2Cl)C(C)CO1. The highest BCUT2D eigenvalue weighted by Gasteiger charge is 2.29. The Morgan fingerprint density at radius 3 is 2.94 bits per heavy atom. The number of halogens is 1. The van der Waals surface area contributed by atoms with E-state index in [2.05, 4.69) is 0 Å². The lowest BCUT2D eigenvalue weighted by Gasteiger charge is -2.36. The summed E-state index contributed by atoms with van der Waals surface area (Å²) in [6.45, 7) is 5.05. The molecule has 1 saturated heterocycles. The molecule has 2 rings (SSSR count). The van der Waals surface area contributed by atoms with E-state index in [0.29, 0.717) is 18.7 Å². The Labute approximate surface area is 99.1 Å². The van der Waals surface area contributed by atoms with E-state index < -0.39 is 0 Å². The summed E-state index contributed by atoms with van der Waals surface area (Å²) in [7, 11) is 0. The molecule has 1 aliphatic rings. The second-order valence-corrected chi connectivity index (χ2v) is 4.40. The molecule has 88 valence electrons. The zero-order valence-corrected chi connectivity index (χ0v) is 10.0. The number of morpholine rings is 1. The average Bonchev–Trinajstić information content (AvgIpc) is 2.67. The molecular weight excluding hydrogens is 230 g/mol. The first-order valence-corrected chi connectivity index (χ1v) is 5.63. The molecule has 1 aliphatic heterocycles. The van der Waals surface area contributed by atoms with Gasteiger partial charge in [0.25, 0.3) is 5.91 Å². The molecule has 5 heteroatoms. The molecule has 0 aromatic carbocycles. The predicted octanol–water partition coefficient (Wildman–Crippen LogP) is 2.18. The number of rotatable bonds is 1. The van der Waals surface area contributed by atoms with E-state index in [9.17, 15) is 4.79 Å². The first-order valence-electron chi connectivity index (χ1n) is 5.25. The van der Waals surface area contributed by atoms with Gasteiger partial charge < -0.3 is 14.1 Å². The number of ether oxygens (including phenoxy) is 1. The minimum Gasteiger partial charge on any atom is -0.452 e. The zero-order chi connectivity index (χ0) is 11.7. The highest BCUT2D eigenvalue weighted by molar-refractivity contribution is 6.32. The van der Waals surface area contributed by atoms with Crippen molar-refractivity contribution in [2.24, 2.45) is 0 Å². The number of carbonyl (C=O) groups is 1. The number of furan rings is 1. The fourth-order valence-electron chi connectivity index (χ4n) is 1.79. The topological polar surface area (TPSA) is 42.7 Å². The van der Waals surface area contributed by atoms with Crippen LogP contribution in [0.2, 0.25) is 5.22 Å². The molecule has 1 aromatic heterocycles. The molecule has 1 aromatic rings. The summed E-state index contributed by atoms with van der Waals surface area (Å²) in [5, 5.41) is 0.149. The van der Waals surface area contributed by atoms with Gasteiger partial charge >= 0.3 is 0 Å². The van der Waals surface area contributed by atoms with Crippen molar-refractivity contribution in [3.63, 3.8) is 0 Å². The molecule has 0 radical (unpaired) electrons. The van der Waals surface area contributed by atoms with Crippen molar-refractivity contribution < 1.29 is 13.9 Å². The number of nitrogens with zero attached hydrogens (tertiary/aromatic N) is 1. The average molecular weight is 244 g/mol. The van der Waals surface area contributed by atoms with Crippen LogP contribution in [0.25, 0.3) is 0 Å². The lowest BCUT2D eigenvalue weighted by molar-refractivity contribution is -0.0387. The summed E-state index contributed by atoms with van der Waals surface area (Å²) in [6, 6.07) is 1.66. The Bertz CT molecular complexity index is 390. The summed E-state index contributed by atoms with van der Waals surface area (Å²) < 4.78 is 10.4. The maximum absolute atomic E-state index is 12.2. The number of carbonyl (C=O) groups excluding carboxylic acids is 1. The summed E-state index contributed by atoms with van der Waals surface area (Å²) in [5.41, 5.74) is 0.419. The summed E-state index contributed by atoms with van der Waals surface area (Å²) in [4.78, 5) is 13.9. The third kappa shape index (κ3) is 2.08. The fraction of sp³-hybridized carbons (Fsp3) is 0.545. The van der Waals surface area contributed by atoms with Gasteiger partial charge in [0, 0.05) is 6.54 Å². The first-order chi connectivity index (χ1) is 7.59. The Morgan fingerprint density at radius 2 is 2.31 bits per heavy atom. The maximum atomic E-state index is 12.2. The van der Waals surface area contributed by atoms with Crippen molar-refractivity contribution in [1.29, 1.82) is 0 Å². The van der Waals surface area contributed by atoms with Crippen molar-refractivity contribution in [3.05, 3.63) is 23.1 Å². The summed E-state index contributed by atoms with van der Waals surface area (Å²) >= 11 is 5.79. The van der Waals surface area contributed by atoms with Gasteiger partial charge in [0.2, 0.25) is 5.22 Å². The van der Waals surface area contributed by atoms with E-state index >= 15 is 0 Å². The van der Waals surface area contributed by atoms with Gasteiger partial charge in [-0.15, -0.1) is 0 Å². The minimum atomic E-state index is -0.0959. The first kappa shape index (κ1) is 11.5. The normalized spacial score (nSPS) is 25.8. The Hall–Kier alpha value is -1.00. The number of hydrogen-bond donors (Lipinski definition) is 0. The van der Waals surface area contributed by atoms with Crippen molar-refractivity contribution in [2.45, 2.75) is 26.0 Å². The van der Waals surface area contributed by atoms with Crippen LogP contribution < -0.4 is 0 Å². The molecule has 0 spiro atoms. The fourth-order valence-corrected chi connectivity index (χ4v) is 1.98. The Kier molecular flexibility index (Phi) is 3.21. The van der Waals surface area contributed by atoms with E-state index in [0.717, 1.165) is 0 Å². The zero-order valence-electron chi connectivity index (χ0n) is 9.27. The van der Waals surface area contributed by atoms with Crippen molar-refractivity contribution in [3.8, 4) is 0 Å².